The maximum absolute atomic E-state index is 13.5. The molecule has 2 aliphatic heterocycles. The van der Waals surface area contributed by atoms with Crippen molar-refractivity contribution < 1.29 is 13.6 Å². The summed E-state index contributed by atoms with van der Waals surface area (Å²) in [6.07, 6.45) is 6.33. The van der Waals surface area contributed by atoms with Crippen LogP contribution in [-0.2, 0) is 11.3 Å². The lowest BCUT2D eigenvalue weighted by atomic mass is 9.94. The molecule has 0 saturated carbocycles. The zero-order chi connectivity index (χ0) is 22.9. The first kappa shape index (κ1) is 21.9. The largest absolute Gasteiger partial charge is 0.348 e. The van der Waals surface area contributed by atoms with Crippen LogP contribution in [0.25, 0.3) is 10.3 Å². The molecule has 3 aromatic rings. The molecule has 10 heteroatoms. The van der Waals surface area contributed by atoms with E-state index >= 15 is 0 Å². The third-order valence-corrected chi connectivity index (χ3v) is 7.59. The van der Waals surface area contributed by atoms with Crippen LogP contribution in [0.4, 0.5) is 13.9 Å². The van der Waals surface area contributed by atoms with E-state index in [1.165, 1.54) is 34.7 Å². The predicted molar refractivity (Wildman–Crippen MR) is 123 cm³/mol. The molecular formula is C23H25F2N5O2S. The van der Waals surface area contributed by atoms with Crippen LogP contribution >= 0.6 is 11.3 Å². The number of anilines is 1. The number of carbonyl (C=O) groups is 1. The van der Waals surface area contributed by atoms with E-state index in [0.717, 1.165) is 56.0 Å². The molecule has 2 aromatic heterocycles. The molecule has 0 radical (unpaired) electrons. The van der Waals surface area contributed by atoms with Crippen LogP contribution in [0, 0.1) is 17.6 Å². The first-order valence-electron chi connectivity index (χ1n) is 11.3. The van der Waals surface area contributed by atoms with Crippen molar-refractivity contribution in [2.75, 3.05) is 31.1 Å². The normalized spacial score (nSPS) is 17.6. The molecule has 5 rings (SSSR count). The number of benzene rings is 1. The van der Waals surface area contributed by atoms with E-state index in [4.69, 9.17) is 0 Å². The number of piperidine rings is 2. The van der Waals surface area contributed by atoms with E-state index in [2.05, 4.69) is 14.9 Å². The number of thiazole rings is 1. The topological polar surface area (TPSA) is 71.3 Å². The highest BCUT2D eigenvalue weighted by atomic mass is 32.1. The van der Waals surface area contributed by atoms with Crippen molar-refractivity contribution in [2.24, 2.45) is 5.92 Å². The second kappa shape index (κ2) is 9.17. The Balaban J connectivity index is 1.29. The van der Waals surface area contributed by atoms with Crippen molar-refractivity contribution in [1.29, 1.82) is 0 Å². The number of carbonyl (C=O) groups excluding carboxylic acids is 1. The fraction of sp³-hybridized carbons (Fsp3) is 0.478. The molecule has 0 bridgehead atoms. The number of hydrogen-bond donors (Lipinski definition) is 0. The maximum atomic E-state index is 13.5. The van der Waals surface area contributed by atoms with Gasteiger partial charge in [0.2, 0.25) is 5.91 Å². The van der Waals surface area contributed by atoms with Gasteiger partial charge in [0.05, 0.1) is 6.54 Å². The summed E-state index contributed by atoms with van der Waals surface area (Å²) in [7, 11) is 0. The number of fused-ring (bicyclic) bond motifs is 1. The molecular weight excluding hydrogens is 448 g/mol. The Labute approximate surface area is 193 Å². The molecule has 4 heterocycles. The Morgan fingerprint density at radius 2 is 1.82 bits per heavy atom. The average Bonchev–Trinajstić information content (AvgIpc) is 3.29. The van der Waals surface area contributed by atoms with E-state index in [9.17, 15) is 18.4 Å². The summed E-state index contributed by atoms with van der Waals surface area (Å²) in [5, 5.41) is 0.726. The van der Waals surface area contributed by atoms with Gasteiger partial charge in [0, 0.05) is 32.1 Å². The molecule has 1 aromatic carbocycles. The first-order chi connectivity index (χ1) is 16.0. The van der Waals surface area contributed by atoms with Crippen molar-refractivity contribution in [1.82, 2.24) is 19.4 Å². The monoisotopic (exact) mass is 473 g/mol. The molecule has 0 aliphatic carbocycles. The summed E-state index contributed by atoms with van der Waals surface area (Å²) in [5.41, 5.74) is 0.596. The Morgan fingerprint density at radius 3 is 2.55 bits per heavy atom. The lowest BCUT2D eigenvalue weighted by Gasteiger charge is -2.35. The van der Waals surface area contributed by atoms with Crippen LogP contribution in [0.15, 0.2) is 29.3 Å². The fourth-order valence-corrected chi connectivity index (χ4v) is 5.63. The van der Waals surface area contributed by atoms with Crippen molar-refractivity contribution in [3.63, 3.8) is 0 Å². The Hall–Kier alpha value is -2.88. The summed E-state index contributed by atoms with van der Waals surface area (Å²) >= 11 is 1.29. The molecule has 2 aliphatic rings. The van der Waals surface area contributed by atoms with E-state index in [1.54, 1.807) is 0 Å². The summed E-state index contributed by atoms with van der Waals surface area (Å²) in [4.78, 5) is 38.7. The van der Waals surface area contributed by atoms with Gasteiger partial charge in [-0.1, -0.05) is 17.4 Å². The third kappa shape index (κ3) is 4.48. The lowest BCUT2D eigenvalue weighted by molar-refractivity contribution is -0.137. The highest BCUT2D eigenvalue weighted by molar-refractivity contribution is 7.22. The highest BCUT2D eigenvalue weighted by Crippen LogP contribution is 2.30. The van der Waals surface area contributed by atoms with Gasteiger partial charge in [-0.05, 0) is 49.8 Å². The van der Waals surface area contributed by atoms with Gasteiger partial charge in [-0.15, -0.1) is 0 Å². The van der Waals surface area contributed by atoms with Crippen LogP contribution in [-0.4, -0.2) is 51.5 Å². The van der Waals surface area contributed by atoms with Gasteiger partial charge in [0.1, 0.15) is 11.0 Å². The number of halogens is 2. The van der Waals surface area contributed by atoms with Crippen molar-refractivity contribution in [3.05, 3.63) is 52.1 Å². The van der Waals surface area contributed by atoms with E-state index in [-0.39, 0.29) is 23.9 Å². The van der Waals surface area contributed by atoms with Crippen molar-refractivity contribution in [2.45, 2.75) is 38.6 Å². The Kier molecular flexibility index (Phi) is 6.09. The number of aromatic nitrogens is 3. The van der Waals surface area contributed by atoms with Crippen LogP contribution in [0.3, 0.4) is 0 Å². The van der Waals surface area contributed by atoms with Gasteiger partial charge in [-0.3, -0.25) is 14.2 Å². The van der Waals surface area contributed by atoms with E-state index in [1.807, 2.05) is 4.90 Å². The van der Waals surface area contributed by atoms with Gasteiger partial charge < -0.3 is 9.80 Å². The Bertz CT molecular complexity index is 1230. The quantitative estimate of drug-likeness (QED) is 0.581. The zero-order valence-electron chi connectivity index (χ0n) is 18.2. The molecule has 2 fully saturated rings. The van der Waals surface area contributed by atoms with Gasteiger partial charge >= 0.3 is 0 Å². The molecule has 2 saturated heterocycles. The zero-order valence-corrected chi connectivity index (χ0v) is 19.0. The number of likely N-dealkylation sites (tertiary alicyclic amines) is 1. The summed E-state index contributed by atoms with van der Waals surface area (Å²) in [6.45, 7) is 3.27. The number of rotatable bonds is 4. The maximum Gasteiger partial charge on any atom is 0.273 e. The Morgan fingerprint density at radius 1 is 1.06 bits per heavy atom. The second-order valence-corrected chi connectivity index (χ2v) is 9.70. The summed E-state index contributed by atoms with van der Waals surface area (Å²) in [6, 6.07) is 3.58. The smallest absolute Gasteiger partial charge is 0.273 e. The van der Waals surface area contributed by atoms with Gasteiger partial charge in [0.15, 0.2) is 22.4 Å². The second-order valence-electron chi connectivity index (χ2n) is 8.72. The standard InChI is InChI=1S/C23H25F2N5O2S/c24-17-5-4-15(12-18(17)25)13-30-14-26-20-19(22(30)32)33-23(27-20)29-10-6-16(7-11-29)21(31)28-8-2-1-3-9-28/h4-5,12,14,16H,1-3,6-11,13H2. The van der Waals surface area contributed by atoms with Gasteiger partial charge in [-0.25, -0.2) is 13.8 Å². The molecule has 0 unspecified atom stereocenters. The molecule has 1 amide bonds. The molecule has 0 N–H and O–H groups in total. The fourth-order valence-electron chi connectivity index (χ4n) is 4.61. The van der Waals surface area contributed by atoms with Crippen molar-refractivity contribution in [3.8, 4) is 0 Å². The third-order valence-electron chi connectivity index (χ3n) is 6.49. The number of hydrogen-bond acceptors (Lipinski definition) is 6. The van der Waals surface area contributed by atoms with Crippen molar-refractivity contribution >= 4 is 32.7 Å². The highest BCUT2D eigenvalue weighted by Gasteiger charge is 2.30. The minimum atomic E-state index is -0.947. The summed E-state index contributed by atoms with van der Waals surface area (Å²) < 4.78 is 28.5. The van der Waals surface area contributed by atoms with E-state index in [0.29, 0.717) is 29.0 Å². The van der Waals surface area contributed by atoms with Crippen LogP contribution in [0.2, 0.25) is 0 Å². The predicted octanol–water partition coefficient (Wildman–Crippen LogP) is 3.41. The minimum absolute atomic E-state index is 0.0557. The van der Waals surface area contributed by atoms with E-state index < -0.39 is 11.6 Å². The van der Waals surface area contributed by atoms with Crippen LogP contribution in [0.5, 0.6) is 0 Å². The van der Waals surface area contributed by atoms with Crippen LogP contribution in [0.1, 0.15) is 37.7 Å². The molecule has 7 nitrogen and oxygen atoms in total. The average molecular weight is 474 g/mol. The molecule has 174 valence electrons. The number of nitrogens with zero attached hydrogens (tertiary/aromatic N) is 5. The molecule has 33 heavy (non-hydrogen) atoms. The molecule has 0 atom stereocenters. The number of amides is 1. The SMILES string of the molecule is O=C(C1CCN(c2nc3ncn(Cc4ccc(F)c(F)c4)c(=O)c3s2)CC1)N1CCCCC1. The van der Waals surface area contributed by atoms with Gasteiger partial charge in [0.25, 0.3) is 5.56 Å². The first-order valence-corrected chi connectivity index (χ1v) is 12.1. The van der Waals surface area contributed by atoms with Crippen LogP contribution < -0.4 is 10.5 Å². The van der Waals surface area contributed by atoms with Gasteiger partial charge in [-0.2, -0.15) is 4.98 Å². The lowest BCUT2D eigenvalue weighted by Crippen LogP contribution is -2.44. The minimum Gasteiger partial charge on any atom is -0.348 e. The molecule has 0 spiro atoms. The summed E-state index contributed by atoms with van der Waals surface area (Å²) in [5.74, 6) is -1.54.